The molecule has 2 aliphatic heterocycles. The molecule has 0 bridgehead atoms. The van der Waals surface area contributed by atoms with Gasteiger partial charge in [-0.3, -0.25) is 9.48 Å². The van der Waals surface area contributed by atoms with Gasteiger partial charge in [-0.2, -0.15) is 5.10 Å². The van der Waals surface area contributed by atoms with E-state index in [0.29, 0.717) is 18.3 Å². The third-order valence-corrected chi connectivity index (χ3v) is 4.74. The fourth-order valence-electron chi connectivity index (χ4n) is 3.48. The first kappa shape index (κ1) is 15.2. The molecule has 0 saturated carbocycles. The number of piperidine rings is 1. The molecule has 1 N–H and O–H groups in total. The molecule has 0 atom stereocenters. The highest BCUT2D eigenvalue weighted by atomic mass is 16.5. The molecular weight excluding hydrogens is 304 g/mol. The van der Waals surface area contributed by atoms with Crippen molar-refractivity contribution in [2.45, 2.75) is 32.0 Å². The molecule has 4 rings (SSSR count). The standard InChI is InChI=1S/C18H22N4O2/c23-18-17-12-14(13-24-16-4-2-1-3-5-16)20-22(17)11-10-21(18)15-6-8-19-9-7-15/h1-5,12,15,19H,6-11,13H2. The number of aromatic nitrogens is 2. The minimum absolute atomic E-state index is 0.103. The number of hydrogen-bond donors (Lipinski definition) is 1. The molecule has 0 spiro atoms. The molecule has 2 aromatic rings. The van der Waals surface area contributed by atoms with E-state index in [1.54, 1.807) is 0 Å². The maximum absolute atomic E-state index is 12.8. The van der Waals surface area contributed by atoms with Crippen LogP contribution < -0.4 is 10.1 Å². The van der Waals surface area contributed by atoms with Crippen molar-refractivity contribution < 1.29 is 9.53 Å². The summed E-state index contributed by atoms with van der Waals surface area (Å²) >= 11 is 0. The average Bonchev–Trinajstić information content (AvgIpc) is 3.06. The summed E-state index contributed by atoms with van der Waals surface area (Å²) in [5, 5.41) is 7.88. The van der Waals surface area contributed by atoms with Gasteiger partial charge >= 0.3 is 0 Å². The van der Waals surface area contributed by atoms with Crippen molar-refractivity contribution >= 4 is 5.91 Å². The average molecular weight is 326 g/mol. The zero-order chi connectivity index (χ0) is 16.4. The molecule has 0 unspecified atom stereocenters. The van der Waals surface area contributed by atoms with Crippen LogP contribution in [-0.4, -0.2) is 46.3 Å². The van der Waals surface area contributed by atoms with Gasteiger partial charge < -0.3 is 15.0 Å². The first-order valence-electron chi connectivity index (χ1n) is 8.57. The second-order valence-corrected chi connectivity index (χ2v) is 6.33. The number of benzene rings is 1. The summed E-state index contributed by atoms with van der Waals surface area (Å²) in [6.07, 6.45) is 2.06. The van der Waals surface area contributed by atoms with Crippen LogP contribution >= 0.6 is 0 Å². The quantitative estimate of drug-likeness (QED) is 0.928. The van der Waals surface area contributed by atoms with Gasteiger partial charge in [0.2, 0.25) is 0 Å². The number of nitrogens with zero attached hydrogens (tertiary/aromatic N) is 3. The highest BCUT2D eigenvalue weighted by Gasteiger charge is 2.32. The molecule has 1 amide bonds. The van der Waals surface area contributed by atoms with Crippen molar-refractivity contribution in [3.8, 4) is 5.75 Å². The number of carbonyl (C=O) groups is 1. The van der Waals surface area contributed by atoms with Crippen molar-refractivity contribution in [1.29, 1.82) is 0 Å². The zero-order valence-corrected chi connectivity index (χ0v) is 13.6. The topological polar surface area (TPSA) is 59.4 Å². The van der Waals surface area contributed by atoms with E-state index in [4.69, 9.17) is 4.74 Å². The molecule has 1 fully saturated rings. The van der Waals surface area contributed by atoms with Gasteiger partial charge in [0.05, 0.1) is 6.54 Å². The Morgan fingerprint density at radius 1 is 1.17 bits per heavy atom. The maximum Gasteiger partial charge on any atom is 0.272 e. The Morgan fingerprint density at radius 2 is 1.96 bits per heavy atom. The molecule has 2 aliphatic rings. The number of para-hydroxylation sites is 1. The molecule has 126 valence electrons. The Hall–Kier alpha value is -2.34. The Morgan fingerprint density at radius 3 is 2.75 bits per heavy atom. The van der Waals surface area contributed by atoms with Crippen molar-refractivity contribution in [3.05, 3.63) is 47.8 Å². The van der Waals surface area contributed by atoms with Crippen LogP contribution in [0.5, 0.6) is 5.75 Å². The molecule has 1 saturated heterocycles. The molecule has 6 heteroatoms. The van der Waals surface area contributed by atoms with Gasteiger partial charge in [0.1, 0.15) is 23.7 Å². The smallest absolute Gasteiger partial charge is 0.272 e. The van der Waals surface area contributed by atoms with Crippen LogP contribution in [0.15, 0.2) is 36.4 Å². The van der Waals surface area contributed by atoms with Crippen molar-refractivity contribution in [1.82, 2.24) is 20.0 Å². The van der Waals surface area contributed by atoms with E-state index in [1.807, 2.05) is 46.0 Å². The highest BCUT2D eigenvalue weighted by molar-refractivity contribution is 5.93. The Bertz CT molecular complexity index is 707. The predicted molar refractivity (Wildman–Crippen MR) is 89.9 cm³/mol. The lowest BCUT2D eigenvalue weighted by Gasteiger charge is -2.37. The van der Waals surface area contributed by atoms with E-state index in [2.05, 4.69) is 10.4 Å². The summed E-state index contributed by atoms with van der Waals surface area (Å²) < 4.78 is 7.56. The van der Waals surface area contributed by atoms with E-state index < -0.39 is 0 Å². The summed E-state index contributed by atoms with van der Waals surface area (Å²) in [5.41, 5.74) is 1.49. The number of carbonyl (C=O) groups excluding carboxylic acids is 1. The fourth-order valence-corrected chi connectivity index (χ4v) is 3.48. The molecule has 0 radical (unpaired) electrons. The van der Waals surface area contributed by atoms with E-state index >= 15 is 0 Å². The Labute approximate surface area is 141 Å². The first-order valence-corrected chi connectivity index (χ1v) is 8.57. The molecule has 1 aromatic carbocycles. The van der Waals surface area contributed by atoms with E-state index in [0.717, 1.165) is 50.5 Å². The molecule has 24 heavy (non-hydrogen) atoms. The fraction of sp³-hybridized carbons (Fsp3) is 0.444. The summed E-state index contributed by atoms with van der Waals surface area (Å²) in [4.78, 5) is 14.8. The molecular formula is C18H22N4O2. The Kier molecular flexibility index (Phi) is 4.21. The summed E-state index contributed by atoms with van der Waals surface area (Å²) in [6, 6.07) is 11.9. The van der Waals surface area contributed by atoms with Crippen molar-refractivity contribution in [3.63, 3.8) is 0 Å². The van der Waals surface area contributed by atoms with Crippen LogP contribution in [0.3, 0.4) is 0 Å². The second-order valence-electron chi connectivity index (χ2n) is 6.33. The highest BCUT2D eigenvalue weighted by Crippen LogP contribution is 2.21. The van der Waals surface area contributed by atoms with Crippen LogP contribution in [0.1, 0.15) is 29.0 Å². The minimum atomic E-state index is 0.103. The number of rotatable bonds is 4. The normalized spacial score (nSPS) is 18.5. The summed E-state index contributed by atoms with van der Waals surface area (Å²) in [6.45, 7) is 3.87. The maximum atomic E-state index is 12.8. The lowest BCUT2D eigenvalue weighted by molar-refractivity contribution is 0.0572. The summed E-state index contributed by atoms with van der Waals surface area (Å²) in [7, 11) is 0. The first-order chi connectivity index (χ1) is 11.8. The van der Waals surface area contributed by atoms with Crippen LogP contribution in [0, 0.1) is 0 Å². The number of nitrogens with one attached hydrogen (secondary N) is 1. The SMILES string of the molecule is O=C1c2cc(COc3ccccc3)nn2CCN1C1CCNCC1. The van der Waals surface area contributed by atoms with E-state index in [9.17, 15) is 4.79 Å². The number of ether oxygens (including phenoxy) is 1. The second kappa shape index (κ2) is 6.65. The lowest BCUT2D eigenvalue weighted by Crippen LogP contribution is -2.50. The molecule has 3 heterocycles. The van der Waals surface area contributed by atoms with Crippen LogP contribution in [0.25, 0.3) is 0 Å². The lowest BCUT2D eigenvalue weighted by atomic mass is 10.0. The van der Waals surface area contributed by atoms with Crippen LogP contribution in [0.4, 0.5) is 0 Å². The number of hydrogen-bond acceptors (Lipinski definition) is 4. The van der Waals surface area contributed by atoms with Crippen LogP contribution in [0.2, 0.25) is 0 Å². The molecule has 0 aliphatic carbocycles. The zero-order valence-electron chi connectivity index (χ0n) is 13.6. The van der Waals surface area contributed by atoms with Crippen molar-refractivity contribution in [2.75, 3.05) is 19.6 Å². The van der Waals surface area contributed by atoms with Crippen LogP contribution in [-0.2, 0) is 13.2 Å². The third kappa shape index (κ3) is 3.01. The van der Waals surface area contributed by atoms with E-state index in [-0.39, 0.29) is 5.91 Å². The third-order valence-electron chi connectivity index (χ3n) is 4.74. The monoisotopic (exact) mass is 326 g/mol. The van der Waals surface area contributed by atoms with Gasteiger partial charge in [-0.1, -0.05) is 18.2 Å². The van der Waals surface area contributed by atoms with Crippen molar-refractivity contribution in [2.24, 2.45) is 0 Å². The largest absolute Gasteiger partial charge is 0.487 e. The van der Waals surface area contributed by atoms with Gasteiger partial charge in [-0.15, -0.1) is 0 Å². The van der Waals surface area contributed by atoms with Gasteiger partial charge in [-0.25, -0.2) is 0 Å². The molecule has 6 nitrogen and oxygen atoms in total. The van der Waals surface area contributed by atoms with Gasteiger partial charge in [-0.05, 0) is 44.1 Å². The predicted octanol–water partition coefficient (Wildman–Crippen LogP) is 1.67. The number of amides is 1. The number of fused-ring (bicyclic) bond motifs is 1. The van der Waals surface area contributed by atoms with Gasteiger partial charge in [0, 0.05) is 12.6 Å². The Balaban J connectivity index is 1.45. The molecule has 1 aromatic heterocycles. The summed E-state index contributed by atoms with van der Waals surface area (Å²) in [5.74, 6) is 0.915. The van der Waals surface area contributed by atoms with Gasteiger partial charge in [0.15, 0.2) is 0 Å². The van der Waals surface area contributed by atoms with Gasteiger partial charge in [0.25, 0.3) is 5.91 Å². The van der Waals surface area contributed by atoms with E-state index in [1.165, 1.54) is 0 Å². The minimum Gasteiger partial charge on any atom is -0.487 e.